The first-order chi connectivity index (χ1) is 12.5. The van der Waals surface area contributed by atoms with Gasteiger partial charge in [-0.3, -0.25) is 9.20 Å². The topological polar surface area (TPSA) is 67.2 Å². The molecule has 140 valence electrons. The molecule has 0 bridgehead atoms. The van der Waals surface area contributed by atoms with Crippen LogP contribution in [0, 0.1) is 6.92 Å². The average molecular weight is 423 g/mol. The van der Waals surface area contributed by atoms with E-state index in [0.29, 0.717) is 44.9 Å². The number of fused-ring (bicyclic) bond motifs is 1. The number of hydrogen-bond acceptors (Lipinski definition) is 4. The molecule has 0 unspecified atom stereocenters. The number of ether oxygens (including phenoxy) is 1. The fourth-order valence-electron chi connectivity index (χ4n) is 3.25. The van der Waals surface area contributed by atoms with Crippen molar-refractivity contribution in [3.05, 3.63) is 33.7 Å². The number of rotatable bonds is 3. The summed E-state index contributed by atoms with van der Waals surface area (Å²) in [6.07, 6.45) is 2.25. The molecule has 0 aromatic carbocycles. The number of imidazole rings is 1. The second-order valence-corrected chi connectivity index (χ2v) is 7.19. The molecule has 7 nitrogen and oxygen atoms in total. The summed E-state index contributed by atoms with van der Waals surface area (Å²) >= 11 is 3.50. The van der Waals surface area contributed by atoms with Crippen molar-refractivity contribution < 1.29 is 14.3 Å². The number of amides is 2. The van der Waals surface area contributed by atoms with Crippen molar-refractivity contribution in [2.75, 3.05) is 32.8 Å². The highest BCUT2D eigenvalue weighted by Crippen LogP contribution is 2.23. The Morgan fingerprint density at radius 3 is 2.46 bits per heavy atom. The van der Waals surface area contributed by atoms with Crippen LogP contribution in [-0.2, 0) is 11.2 Å². The normalized spacial score (nSPS) is 14.8. The van der Waals surface area contributed by atoms with Gasteiger partial charge in [-0.1, -0.05) is 6.92 Å². The predicted molar refractivity (Wildman–Crippen MR) is 102 cm³/mol. The van der Waals surface area contributed by atoms with Crippen molar-refractivity contribution in [3.8, 4) is 0 Å². The van der Waals surface area contributed by atoms with Crippen LogP contribution in [0.3, 0.4) is 0 Å². The number of nitrogens with zero attached hydrogens (tertiary/aromatic N) is 4. The van der Waals surface area contributed by atoms with Crippen LogP contribution in [0.1, 0.15) is 35.6 Å². The second kappa shape index (κ2) is 7.65. The molecule has 1 aliphatic heterocycles. The van der Waals surface area contributed by atoms with Gasteiger partial charge in [-0.2, -0.15) is 0 Å². The van der Waals surface area contributed by atoms with Gasteiger partial charge < -0.3 is 14.5 Å². The van der Waals surface area contributed by atoms with Gasteiger partial charge in [0.25, 0.3) is 5.91 Å². The highest BCUT2D eigenvalue weighted by molar-refractivity contribution is 9.10. The lowest BCUT2D eigenvalue weighted by molar-refractivity contribution is 0.0564. The molecular weight excluding hydrogens is 400 g/mol. The van der Waals surface area contributed by atoms with E-state index in [1.54, 1.807) is 16.7 Å². The molecule has 0 saturated carbocycles. The number of carbonyl (C=O) groups is 2. The fraction of sp³-hybridized carbons (Fsp3) is 0.500. The second-order valence-electron chi connectivity index (χ2n) is 6.27. The quantitative estimate of drug-likeness (QED) is 0.762. The maximum atomic E-state index is 13.2. The number of aromatic nitrogens is 2. The first-order valence-corrected chi connectivity index (χ1v) is 9.63. The molecule has 2 aromatic heterocycles. The van der Waals surface area contributed by atoms with Gasteiger partial charge in [0.05, 0.1) is 12.3 Å². The van der Waals surface area contributed by atoms with Gasteiger partial charge in [0.2, 0.25) is 0 Å². The lowest BCUT2D eigenvalue weighted by Gasteiger charge is -2.34. The van der Waals surface area contributed by atoms with Crippen molar-refractivity contribution >= 4 is 33.6 Å². The van der Waals surface area contributed by atoms with Gasteiger partial charge in [-0.25, -0.2) is 9.78 Å². The zero-order valence-electron chi connectivity index (χ0n) is 15.3. The van der Waals surface area contributed by atoms with Crippen molar-refractivity contribution in [3.63, 3.8) is 0 Å². The Morgan fingerprint density at radius 1 is 1.19 bits per heavy atom. The molecule has 0 spiro atoms. The Hall–Kier alpha value is -2.09. The van der Waals surface area contributed by atoms with Crippen LogP contribution in [0.2, 0.25) is 0 Å². The van der Waals surface area contributed by atoms with Gasteiger partial charge >= 0.3 is 6.09 Å². The molecule has 0 N–H and O–H groups in total. The SMILES string of the molecule is CCOC(=O)N1CCN(C(=O)c2c(CC)nc3c(C)cc(Br)cn23)CC1. The summed E-state index contributed by atoms with van der Waals surface area (Å²) in [6, 6.07) is 1.99. The predicted octanol–water partition coefficient (Wildman–Crippen LogP) is 2.88. The summed E-state index contributed by atoms with van der Waals surface area (Å²) in [7, 11) is 0. The molecule has 1 aliphatic rings. The molecule has 26 heavy (non-hydrogen) atoms. The van der Waals surface area contributed by atoms with Gasteiger partial charge in [0, 0.05) is 36.8 Å². The standard InChI is InChI=1S/C18H23BrN4O3/c1-4-14-15(23-11-13(19)10-12(3)16(23)20-14)17(24)21-6-8-22(9-7-21)18(25)26-5-2/h10-11H,4-9H2,1-3H3. The number of carbonyl (C=O) groups excluding carboxylic acids is 2. The van der Waals surface area contributed by atoms with E-state index < -0.39 is 0 Å². The molecule has 0 radical (unpaired) electrons. The number of hydrogen-bond donors (Lipinski definition) is 0. The van der Waals surface area contributed by atoms with E-state index in [4.69, 9.17) is 4.74 Å². The Kier molecular flexibility index (Phi) is 5.50. The maximum absolute atomic E-state index is 13.2. The van der Waals surface area contributed by atoms with Crippen LogP contribution >= 0.6 is 15.9 Å². The molecule has 2 aromatic rings. The fourth-order valence-corrected chi connectivity index (χ4v) is 3.79. The monoisotopic (exact) mass is 422 g/mol. The Bertz CT molecular complexity index is 841. The molecule has 0 aliphatic carbocycles. The first-order valence-electron chi connectivity index (χ1n) is 8.84. The van der Waals surface area contributed by atoms with Gasteiger partial charge in [0.1, 0.15) is 11.3 Å². The zero-order chi connectivity index (χ0) is 18.8. The highest BCUT2D eigenvalue weighted by Gasteiger charge is 2.29. The summed E-state index contributed by atoms with van der Waals surface area (Å²) in [6.45, 7) is 8.06. The Balaban J connectivity index is 1.86. The van der Waals surface area contributed by atoms with E-state index in [-0.39, 0.29) is 12.0 Å². The van der Waals surface area contributed by atoms with Crippen LogP contribution in [-0.4, -0.2) is 64.0 Å². The van der Waals surface area contributed by atoms with Crippen molar-refractivity contribution in [2.24, 2.45) is 0 Å². The third-order valence-electron chi connectivity index (χ3n) is 4.57. The lowest BCUT2D eigenvalue weighted by Crippen LogP contribution is -2.51. The van der Waals surface area contributed by atoms with Gasteiger partial charge in [0.15, 0.2) is 0 Å². The number of piperazine rings is 1. The van der Waals surface area contributed by atoms with Crippen LogP contribution in [0.5, 0.6) is 0 Å². The third kappa shape index (κ3) is 3.42. The van der Waals surface area contributed by atoms with Crippen molar-refractivity contribution in [1.82, 2.24) is 19.2 Å². The van der Waals surface area contributed by atoms with E-state index in [0.717, 1.165) is 21.4 Å². The van der Waals surface area contributed by atoms with E-state index in [1.807, 2.05) is 30.5 Å². The summed E-state index contributed by atoms with van der Waals surface area (Å²) in [4.78, 5) is 33.1. The minimum Gasteiger partial charge on any atom is -0.450 e. The molecular formula is C18H23BrN4O3. The summed E-state index contributed by atoms with van der Waals surface area (Å²) in [5.41, 5.74) is 3.22. The lowest BCUT2D eigenvalue weighted by atomic mass is 10.2. The molecule has 0 atom stereocenters. The summed E-state index contributed by atoms with van der Waals surface area (Å²) in [5, 5.41) is 0. The molecule has 8 heteroatoms. The number of aryl methyl sites for hydroxylation is 2. The van der Waals surface area contributed by atoms with Crippen LogP contribution in [0.4, 0.5) is 4.79 Å². The van der Waals surface area contributed by atoms with Gasteiger partial charge in [-0.05, 0) is 47.8 Å². The highest BCUT2D eigenvalue weighted by atomic mass is 79.9. The van der Waals surface area contributed by atoms with Crippen molar-refractivity contribution in [1.29, 1.82) is 0 Å². The van der Waals surface area contributed by atoms with E-state index >= 15 is 0 Å². The van der Waals surface area contributed by atoms with Crippen molar-refractivity contribution in [2.45, 2.75) is 27.2 Å². The summed E-state index contributed by atoms with van der Waals surface area (Å²) in [5.74, 6) is -0.0460. The minimum atomic E-state index is -0.316. The van der Waals surface area contributed by atoms with E-state index in [1.165, 1.54) is 0 Å². The number of halogens is 1. The summed E-state index contributed by atoms with van der Waals surface area (Å²) < 4.78 is 7.81. The zero-order valence-corrected chi connectivity index (χ0v) is 16.9. The van der Waals surface area contributed by atoms with Crippen LogP contribution in [0.25, 0.3) is 5.65 Å². The largest absolute Gasteiger partial charge is 0.450 e. The Labute approximate surface area is 161 Å². The smallest absolute Gasteiger partial charge is 0.409 e. The Morgan fingerprint density at radius 2 is 1.85 bits per heavy atom. The molecule has 3 rings (SSSR count). The van der Waals surface area contributed by atoms with E-state index in [9.17, 15) is 9.59 Å². The molecule has 1 saturated heterocycles. The first kappa shape index (κ1) is 18.7. The average Bonchev–Trinajstić information content (AvgIpc) is 3.00. The third-order valence-corrected chi connectivity index (χ3v) is 5.01. The molecule has 3 heterocycles. The van der Waals surface area contributed by atoms with E-state index in [2.05, 4.69) is 20.9 Å². The number of pyridine rings is 1. The minimum absolute atomic E-state index is 0.0460. The molecule has 1 fully saturated rings. The van der Waals surface area contributed by atoms with Gasteiger partial charge in [-0.15, -0.1) is 0 Å². The van der Waals surface area contributed by atoms with Crippen LogP contribution in [0.15, 0.2) is 16.7 Å². The molecule has 2 amide bonds. The van der Waals surface area contributed by atoms with Crippen LogP contribution < -0.4 is 0 Å². The maximum Gasteiger partial charge on any atom is 0.409 e.